The number of hydrogen-bond acceptors (Lipinski definition) is 1. The second-order valence-corrected chi connectivity index (χ2v) is 2.56. The summed E-state index contributed by atoms with van der Waals surface area (Å²) in [4.78, 5) is 4.07. The van der Waals surface area contributed by atoms with E-state index in [0.29, 0.717) is 11.8 Å². The summed E-state index contributed by atoms with van der Waals surface area (Å²) in [5.41, 5.74) is 0. The number of aliphatic imine (C=N–C) groups is 1. The SMILES string of the molecule is C1=CC2C=NC=C[C@H]2C=C1. The van der Waals surface area contributed by atoms with E-state index in [0.717, 1.165) is 0 Å². The largest absolute Gasteiger partial charge is 0.269 e. The third kappa shape index (κ3) is 0.838. The van der Waals surface area contributed by atoms with Gasteiger partial charge in [0.05, 0.1) is 0 Å². The summed E-state index contributed by atoms with van der Waals surface area (Å²) in [6.07, 6.45) is 14.5. The van der Waals surface area contributed by atoms with E-state index in [1.165, 1.54) is 0 Å². The Kier molecular flexibility index (Phi) is 1.28. The Morgan fingerprint density at radius 3 is 2.50 bits per heavy atom. The smallest absolute Gasteiger partial charge is 0.0230 e. The fourth-order valence-electron chi connectivity index (χ4n) is 1.28. The Morgan fingerprint density at radius 2 is 1.70 bits per heavy atom. The second kappa shape index (κ2) is 2.25. The molecule has 0 saturated heterocycles. The molecule has 0 aromatic heterocycles. The van der Waals surface area contributed by atoms with Crippen LogP contribution in [0.4, 0.5) is 0 Å². The maximum absolute atomic E-state index is 4.07. The molecule has 0 bridgehead atoms. The van der Waals surface area contributed by atoms with Crippen molar-refractivity contribution in [2.24, 2.45) is 16.8 Å². The maximum Gasteiger partial charge on any atom is 0.0230 e. The zero-order valence-corrected chi connectivity index (χ0v) is 5.64. The lowest BCUT2D eigenvalue weighted by molar-refractivity contribution is 0.704. The molecular weight excluding hydrogens is 122 g/mol. The lowest BCUT2D eigenvalue weighted by atomic mass is 9.88. The van der Waals surface area contributed by atoms with Gasteiger partial charge in [0.25, 0.3) is 0 Å². The molecule has 0 radical (unpaired) electrons. The van der Waals surface area contributed by atoms with Gasteiger partial charge in [0.1, 0.15) is 0 Å². The molecular formula is C9H9N. The van der Waals surface area contributed by atoms with E-state index in [4.69, 9.17) is 0 Å². The quantitative estimate of drug-likeness (QED) is 0.476. The van der Waals surface area contributed by atoms with Crippen molar-refractivity contribution in [2.45, 2.75) is 0 Å². The fraction of sp³-hybridized carbons (Fsp3) is 0.222. The minimum atomic E-state index is 0.509. The Morgan fingerprint density at radius 1 is 0.900 bits per heavy atom. The standard InChI is InChI=1S/C9H9N/c1-2-4-9-7-10-6-5-8(9)3-1/h1-9H/t8-,9?/m1/s1. The number of allylic oxidation sites excluding steroid dienone is 5. The Bertz CT molecular complexity index is 183. The van der Waals surface area contributed by atoms with Gasteiger partial charge in [0, 0.05) is 24.3 Å². The molecule has 0 aromatic carbocycles. The molecule has 50 valence electrons. The van der Waals surface area contributed by atoms with Crippen molar-refractivity contribution in [3.63, 3.8) is 0 Å². The molecule has 1 aliphatic carbocycles. The summed E-state index contributed by atoms with van der Waals surface area (Å²) < 4.78 is 0. The molecule has 0 N–H and O–H groups in total. The molecule has 2 atom stereocenters. The van der Waals surface area contributed by atoms with Crippen molar-refractivity contribution in [1.82, 2.24) is 0 Å². The molecule has 2 aliphatic rings. The summed E-state index contributed by atoms with van der Waals surface area (Å²) in [6.45, 7) is 0. The highest BCUT2D eigenvalue weighted by Gasteiger charge is 2.14. The second-order valence-electron chi connectivity index (χ2n) is 2.56. The van der Waals surface area contributed by atoms with Gasteiger partial charge >= 0.3 is 0 Å². The Balaban J connectivity index is 2.28. The van der Waals surface area contributed by atoms with Gasteiger partial charge in [-0.05, 0) is 0 Å². The first-order valence-corrected chi connectivity index (χ1v) is 3.52. The monoisotopic (exact) mass is 131 g/mol. The first-order valence-electron chi connectivity index (χ1n) is 3.52. The number of fused-ring (bicyclic) bond motifs is 1. The van der Waals surface area contributed by atoms with Crippen molar-refractivity contribution in [3.8, 4) is 0 Å². The van der Waals surface area contributed by atoms with Crippen LogP contribution in [0.5, 0.6) is 0 Å². The van der Waals surface area contributed by atoms with Crippen LogP contribution in [0, 0.1) is 11.8 Å². The normalized spacial score (nSPS) is 34.4. The van der Waals surface area contributed by atoms with E-state index >= 15 is 0 Å². The van der Waals surface area contributed by atoms with Crippen LogP contribution >= 0.6 is 0 Å². The van der Waals surface area contributed by atoms with Crippen LogP contribution in [0.1, 0.15) is 0 Å². The number of rotatable bonds is 0. The summed E-state index contributed by atoms with van der Waals surface area (Å²) in [7, 11) is 0. The van der Waals surface area contributed by atoms with Crippen LogP contribution < -0.4 is 0 Å². The predicted octanol–water partition coefficient (Wildman–Crippen LogP) is 1.94. The van der Waals surface area contributed by atoms with Crippen LogP contribution in [0.25, 0.3) is 0 Å². The summed E-state index contributed by atoms with van der Waals surface area (Å²) in [5.74, 6) is 1.07. The maximum atomic E-state index is 4.07. The highest BCUT2D eigenvalue weighted by molar-refractivity contribution is 5.67. The van der Waals surface area contributed by atoms with Gasteiger partial charge in [-0.2, -0.15) is 0 Å². The van der Waals surface area contributed by atoms with Crippen LogP contribution in [-0.2, 0) is 0 Å². The van der Waals surface area contributed by atoms with Gasteiger partial charge in [-0.25, -0.2) is 0 Å². The first-order chi connectivity index (χ1) is 4.97. The molecule has 0 fully saturated rings. The Hall–Kier alpha value is -1.11. The fourth-order valence-corrected chi connectivity index (χ4v) is 1.28. The Labute approximate surface area is 60.5 Å². The molecule has 1 nitrogen and oxygen atoms in total. The number of nitrogens with zero attached hydrogens (tertiary/aromatic N) is 1. The van der Waals surface area contributed by atoms with E-state index in [-0.39, 0.29) is 0 Å². The first kappa shape index (κ1) is 5.66. The van der Waals surface area contributed by atoms with Gasteiger partial charge in [-0.15, -0.1) is 0 Å². The topological polar surface area (TPSA) is 12.4 Å². The molecule has 0 aromatic rings. The van der Waals surface area contributed by atoms with Crippen LogP contribution in [0.2, 0.25) is 0 Å². The minimum Gasteiger partial charge on any atom is -0.269 e. The third-order valence-corrected chi connectivity index (χ3v) is 1.87. The molecule has 1 heteroatoms. The zero-order chi connectivity index (χ0) is 6.81. The molecule has 1 aliphatic heterocycles. The van der Waals surface area contributed by atoms with E-state index in [1.807, 2.05) is 12.4 Å². The van der Waals surface area contributed by atoms with Crippen molar-refractivity contribution in [1.29, 1.82) is 0 Å². The molecule has 0 amide bonds. The summed E-state index contributed by atoms with van der Waals surface area (Å²) in [6, 6.07) is 0. The minimum absolute atomic E-state index is 0.509. The molecule has 0 spiro atoms. The molecule has 1 heterocycles. The average molecular weight is 131 g/mol. The number of hydrogen-bond donors (Lipinski definition) is 0. The summed E-state index contributed by atoms with van der Waals surface area (Å²) in [5, 5.41) is 0. The van der Waals surface area contributed by atoms with Gasteiger partial charge in [-0.1, -0.05) is 30.4 Å². The zero-order valence-electron chi connectivity index (χ0n) is 5.64. The van der Waals surface area contributed by atoms with Gasteiger partial charge in [0.15, 0.2) is 0 Å². The van der Waals surface area contributed by atoms with Crippen LogP contribution in [0.3, 0.4) is 0 Å². The molecule has 0 saturated carbocycles. The lowest BCUT2D eigenvalue weighted by Gasteiger charge is -2.18. The van der Waals surface area contributed by atoms with Crippen molar-refractivity contribution < 1.29 is 0 Å². The van der Waals surface area contributed by atoms with E-state index in [2.05, 4.69) is 35.4 Å². The molecule has 10 heavy (non-hydrogen) atoms. The van der Waals surface area contributed by atoms with Crippen molar-refractivity contribution in [2.75, 3.05) is 0 Å². The third-order valence-electron chi connectivity index (χ3n) is 1.87. The van der Waals surface area contributed by atoms with Crippen molar-refractivity contribution in [3.05, 3.63) is 36.6 Å². The van der Waals surface area contributed by atoms with Gasteiger partial charge in [0.2, 0.25) is 0 Å². The van der Waals surface area contributed by atoms with E-state index in [1.54, 1.807) is 0 Å². The highest BCUT2D eigenvalue weighted by atomic mass is 14.7. The van der Waals surface area contributed by atoms with Gasteiger partial charge < -0.3 is 0 Å². The van der Waals surface area contributed by atoms with Crippen molar-refractivity contribution >= 4 is 6.21 Å². The lowest BCUT2D eigenvalue weighted by Crippen LogP contribution is -2.13. The van der Waals surface area contributed by atoms with Gasteiger partial charge in [-0.3, -0.25) is 4.99 Å². The van der Waals surface area contributed by atoms with Crippen LogP contribution in [-0.4, -0.2) is 6.21 Å². The van der Waals surface area contributed by atoms with Crippen LogP contribution in [0.15, 0.2) is 41.6 Å². The van der Waals surface area contributed by atoms with E-state index < -0.39 is 0 Å². The molecule has 2 rings (SSSR count). The highest BCUT2D eigenvalue weighted by Crippen LogP contribution is 2.21. The van der Waals surface area contributed by atoms with E-state index in [9.17, 15) is 0 Å². The predicted molar refractivity (Wildman–Crippen MR) is 42.9 cm³/mol. The molecule has 1 unspecified atom stereocenters. The average Bonchev–Trinajstić information content (AvgIpc) is 2.05. The summed E-state index contributed by atoms with van der Waals surface area (Å²) >= 11 is 0.